The van der Waals surface area contributed by atoms with Crippen LogP contribution in [-0.4, -0.2) is 38.8 Å². The maximum Gasteiger partial charge on any atom is 0.237 e. The van der Waals surface area contributed by atoms with Crippen LogP contribution in [-0.2, 0) is 9.53 Å². The zero-order valence-corrected chi connectivity index (χ0v) is 20.0. The zero-order valence-electron chi connectivity index (χ0n) is 20.0. The summed E-state index contributed by atoms with van der Waals surface area (Å²) in [5, 5.41) is 3.84. The third-order valence-corrected chi connectivity index (χ3v) is 7.74. The van der Waals surface area contributed by atoms with Crippen LogP contribution in [0.2, 0.25) is 0 Å². The average molecular weight is 471 g/mol. The Labute approximate surface area is 205 Å². The van der Waals surface area contributed by atoms with Crippen molar-refractivity contribution in [1.82, 2.24) is 0 Å². The minimum absolute atomic E-state index is 0.0232. The van der Waals surface area contributed by atoms with E-state index in [9.17, 15) is 4.79 Å². The SMILES string of the molecule is COc1ccc(N2C(=O)C(c3ccccc3)C2[C@H]2Nc3ccc(OC)cc3[C@H]3OCCC[C@H]32)cc1. The number of carbonyl (C=O) groups excluding carboxylic acids is 1. The van der Waals surface area contributed by atoms with Crippen molar-refractivity contribution in [3.63, 3.8) is 0 Å². The molecule has 5 atom stereocenters. The fourth-order valence-corrected chi connectivity index (χ4v) is 6.07. The largest absolute Gasteiger partial charge is 0.497 e. The van der Waals surface area contributed by atoms with E-state index in [1.54, 1.807) is 14.2 Å². The molecule has 6 nitrogen and oxygen atoms in total. The second kappa shape index (κ2) is 8.93. The summed E-state index contributed by atoms with van der Waals surface area (Å²) < 4.78 is 17.2. The number of β-lactam (4-membered cyclic amide) rings is 1. The quantitative estimate of drug-likeness (QED) is 0.522. The molecule has 0 aliphatic carbocycles. The maximum atomic E-state index is 13.7. The first-order valence-corrected chi connectivity index (χ1v) is 12.3. The lowest BCUT2D eigenvalue weighted by Crippen LogP contribution is -2.68. The van der Waals surface area contributed by atoms with Gasteiger partial charge in [-0.05, 0) is 60.9 Å². The highest BCUT2D eigenvalue weighted by Gasteiger charge is 2.56. The highest BCUT2D eigenvalue weighted by molar-refractivity contribution is 6.07. The average Bonchev–Trinajstić information content (AvgIpc) is 2.92. The Balaban J connectivity index is 1.43. The second-order valence-electron chi connectivity index (χ2n) is 9.51. The van der Waals surface area contributed by atoms with E-state index in [4.69, 9.17) is 14.2 Å². The standard InChI is InChI=1S/C29H30N2O4/c1-33-20-12-10-19(11-13-20)31-27(25(29(31)32)18-7-4-3-5-8-18)26-22-9-6-16-35-28(22)23-17-21(34-2)14-15-24(23)30-26/h3-5,7-8,10-15,17,22,25-28,30H,6,9,16H2,1-2H3/t22-,25?,26-,27?,28-/m0/s1. The van der Waals surface area contributed by atoms with Crippen molar-refractivity contribution in [3.8, 4) is 11.5 Å². The number of benzene rings is 3. The first kappa shape index (κ1) is 22.0. The number of fused-ring (bicyclic) bond motifs is 3. The van der Waals surface area contributed by atoms with Gasteiger partial charge >= 0.3 is 0 Å². The lowest BCUT2D eigenvalue weighted by atomic mass is 9.69. The van der Waals surface area contributed by atoms with Crippen LogP contribution >= 0.6 is 0 Å². The first-order valence-electron chi connectivity index (χ1n) is 12.3. The van der Waals surface area contributed by atoms with E-state index >= 15 is 0 Å². The number of amides is 1. The number of hydrogen-bond donors (Lipinski definition) is 1. The van der Waals surface area contributed by atoms with Crippen LogP contribution in [0.15, 0.2) is 72.8 Å². The predicted molar refractivity (Wildman–Crippen MR) is 135 cm³/mol. The van der Waals surface area contributed by atoms with E-state index in [0.29, 0.717) is 0 Å². The molecule has 2 saturated heterocycles. The molecular formula is C29H30N2O4. The van der Waals surface area contributed by atoms with Crippen LogP contribution < -0.4 is 19.7 Å². The van der Waals surface area contributed by atoms with E-state index in [1.807, 2.05) is 53.4 Å². The summed E-state index contributed by atoms with van der Waals surface area (Å²) in [5.74, 6) is 1.77. The smallest absolute Gasteiger partial charge is 0.237 e. The summed E-state index contributed by atoms with van der Waals surface area (Å²) in [5.41, 5.74) is 4.15. The van der Waals surface area contributed by atoms with Gasteiger partial charge in [0.15, 0.2) is 0 Å². The van der Waals surface area contributed by atoms with E-state index < -0.39 is 0 Å². The van der Waals surface area contributed by atoms with Gasteiger partial charge in [0.2, 0.25) is 5.91 Å². The van der Waals surface area contributed by atoms with Crippen molar-refractivity contribution in [2.75, 3.05) is 31.0 Å². The highest BCUT2D eigenvalue weighted by Crippen LogP contribution is 2.51. The molecule has 3 aliphatic heterocycles. The molecular weight excluding hydrogens is 440 g/mol. The molecule has 6 heteroatoms. The van der Waals surface area contributed by atoms with E-state index in [0.717, 1.165) is 53.4 Å². The van der Waals surface area contributed by atoms with Crippen molar-refractivity contribution >= 4 is 17.3 Å². The van der Waals surface area contributed by atoms with Crippen molar-refractivity contribution in [3.05, 3.63) is 83.9 Å². The van der Waals surface area contributed by atoms with Gasteiger partial charge in [-0.25, -0.2) is 0 Å². The van der Waals surface area contributed by atoms with Crippen LogP contribution in [0.5, 0.6) is 11.5 Å². The summed E-state index contributed by atoms with van der Waals surface area (Å²) in [6.45, 7) is 0.748. The Morgan fingerprint density at radius 3 is 2.43 bits per heavy atom. The molecule has 35 heavy (non-hydrogen) atoms. The molecule has 0 radical (unpaired) electrons. The molecule has 3 aromatic carbocycles. The number of hydrogen-bond acceptors (Lipinski definition) is 5. The molecule has 0 bridgehead atoms. The summed E-state index contributed by atoms with van der Waals surface area (Å²) in [4.78, 5) is 15.6. The Morgan fingerprint density at radius 1 is 0.943 bits per heavy atom. The van der Waals surface area contributed by atoms with E-state index in [2.05, 4.69) is 29.6 Å². The first-order chi connectivity index (χ1) is 17.2. The van der Waals surface area contributed by atoms with Crippen LogP contribution in [0.3, 0.4) is 0 Å². The number of ether oxygens (including phenoxy) is 3. The molecule has 0 spiro atoms. The van der Waals surface area contributed by atoms with Gasteiger partial charge in [-0.2, -0.15) is 0 Å². The van der Waals surface area contributed by atoms with Gasteiger partial charge in [0.25, 0.3) is 0 Å². The monoisotopic (exact) mass is 470 g/mol. The zero-order chi connectivity index (χ0) is 23.9. The third kappa shape index (κ3) is 3.64. The Morgan fingerprint density at radius 2 is 1.69 bits per heavy atom. The van der Waals surface area contributed by atoms with Crippen molar-refractivity contribution in [2.45, 2.75) is 36.9 Å². The van der Waals surface area contributed by atoms with Crippen LogP contribution in [0.1, 0.15) is 36.0 Å². The Bertz CT molecular complexity index is 1210. The van der Waals surface area contributed by atoms with Gasteiger partial charge in [0.1, 0.15) is 11.5 Å². The van der Waals surface area contributed by atoms with Gasteiger partial charge in [0, 0.05) is 29.5 Å². The topological polar surface area (TPSA) is 60.0 Å². The molecule has 3 aliphatic rings. The van der Waals surface area contributed by atoms with Gasteiger partial charge in [-0.3, -0.25) is 4.79 Å². The summed E-state index contributed by atoms with van der Waals surface area (Å²) >= 11 is 0. The van der Waals surface area contributed by atoms with Gasteiger partial charge in [-0.15, -0.1) is 0 Å². The van der Waals surface area contributed by atoms with Gasteiger partial charge < -0.3 is 24.4 Å². The van der Waals surface area contributed by atoms with Gasteiger partial charge in [0.05, 0.1) is 38.3 Å². The fourth-order valence-electron chi connectivity index (χ4n) is 6.07. The van der Waals surface area contributed by atoms with Crippen molar-refractivity contribution < 1.29 is 19.0 Å². The van der Waals surface area contributed by atoms with E-state index in [-0.39, 0.29) is 35.9 Å². The Kier molecular flexibility index (Phi) is 5.61. The van der Waals surface area contributed by atoms with Crippen molar-refractivity contribution in [2.24, 2.45) is 5.92 Å². The molecule has 3 heterocycles. The van der Waals surface area contributed by atoms with Crippen LogP contribution in [0.4, 0.5) is 11.4 Å². The molecule has 180 valence electrons. The number of nitrogens with zero attached hydrogens (tertiary/aromatic N) is 1. The molecule has 1 N–H and O–H groups in total. The summed E-state index contributed by atoms with van der Waals surface area (Å²) in [6.07, 6.45) is 2.03. The Hall–Kier alpha value is -3.51. The molecule has 2 fully saturated rings. The highest BCUT2D eigenvalue weighted by atomic mass is 16.5. The minimum atomic E-state index is -0.210. The van der Waals surface area contributed by atoms with Crippen LogP contribution in [0, 0.1) is 5.92 Å². The number of rotatable bonds is 5. The minimum Gasteiger partial charge on any atom is -0.497 e. The lowest BCUT2D eigenvalue weighted by molar-refractivity contribution is -0.128. The summed E-state index contributed by atoms with van der Waals surface area (Å²) in [6, 6.07) is 24.1. The molecule has 0 aromatic heterocycles. The predicted octanol–water partition coefficient (Wildman–Crippen LogP) is 5.16. The molecule has 2 unspecified atom stereocenters. The molecule has 1 amide bonds. The second-order valence-corrected chi connectivity index (χ2v) is 9.51. The number of nitrogens with one attached hydrogen (secondary N) is 1. The maximum absolute atomic E-state index is 13.7. The third-order valence-electron chi connectivity index (χ3n) is 7.74. The molecule has 0 saturated carbocycles. The number of methoxy groups -OCH3 is 2. The number of carbonyl (C=O) groups is 1. The summed E-state index contributed by atoms with van der Waals surface area (Å²) in [7, 11) is 3.34. The number of anilines is 2. The van der Waals surface area contributed by atoms with Crippen LogP contribution in [0.25, 0.3) is 0 Å². The van der Waals surface area contributed by atoms with Crippen molar-refractivity contribution in [1.29, 1.82) is 0 Å². The molecule has 3 aromatic rings. The van der Waals surface area contributed by atoms with E-state index in [1.165, 1.54) is 0 Å². The normalized spacial score (nSPS) is 27.2. The van der Waals surface area contributed by atoms with Gasteiger partial charge in [-0.1, -0.05) is 30.3 Å². The fraction of sp³-hybridized carbons (Fsp3) is 0.345. The molecule has 6 rings (SSSR count). The lowest BCUT2D eigenvalue weighted by Gasteiger charge is -2.55.